The molecule has 0 saturated carbocycles. The molecule has 0 radical (unpaired) electrons. The molecule has 1 aromatic rings. The third-order valence-electron chi connectivity index (χ3n) is 3.84. The zero-order valence-electron chi connectivity index (χ0n) is 12.1. The molecule has 8 heteroatoms. The number of hydrogen-bond donors (Lipinski definition) is 2. The highest BCUT2D eigenvalue weighted by Crippen LogP contribution is 2.22. The Morgan fingerprint density at radius 3 is 2.61 bits per heavy atom. The van der Waals surface area contributed by atoms with Crippen molar-refractivity contribution in [2.45, 2.75) is 18.9 Å². The molecule has 3 rings (SSSR count). The monoisotopic (exact) mass is 319 g/mol. The first-order chi connectivity index (χ1) is 10.9. The summed E-state index contributed by atoms with van der Waals surface area (Å²) in [5.74, 6) is -2.36. The number of hydrogen-bond acceptors (Lipinski definition) is 5. The maximum Gasteiger partial charge on any atom is 0.254 e. The van der Waals surface area contributed by atoms with Crippen molar-refractivity contribution in [1.29, 1.82) is 0 Å². The summed E-state index contributed by atoms with van der Waals surface area (Å²) in [5, 5.41) is 4.54. The van der Waals surface area contributed by atoms with E-state index in [-0.39, 0.29) is 43.2 Å². The zero-order valence-corrected chi connectivity index (χ0v) is 12.1. The lowest BCUT2D eigenvalue weighted by atomic mass is 10.0. The van der Waals surface area contributed by atoms with Gasteiger partial charge in [0.1, 0.15) is 11.9 Å². The number of rotatable bonds is 3. The Bertz CT molecular complexity index is 711. The third kappa shape index (κ3) is 3.05. The topological polar surface area (TPSA) is 95.6 Å². The van der Waals surface area contributed by atoms with E-state index in [4.69, 9.17) is 0 Å². The lowest BCUT2D eigenvalue weighted by Gasteiger charge is -2.31. The van der Waals surface area contributed by atoms with Crippen molar-refractivity contribution in [1.82, 2.24) is 10.6 Å². The van der Waals surface area contributed by atoms with Crippen LogP contribution in [0.3, 0.4) is 0 Å². The van der Waals surface area contributed by atoms with Crippen LogP contribution in [-0.4, -0.2) is 42.6 Å². The molecule has 7 nitrogen and oxygen atoms in total. The van der Waals surface area contributed by atoms with Gasteiger partial charge in [0.05, 0.1) is 18.7 Å². The van der Waals surface area contributed by atoms with Crippen molar-refractivity contribution in [2.24, 2.45) is 0 Å². The quantitative estimate of drug-likeness (QED) is 0.749. The number of carbonyl (C=O) groups is 4. The average molecular weight is 319 g/mol. The number of nitrogens with zero attached hydrogens (tertiary/aromatic N) is 1. The van der Waals surface area contributed by atoms with Gasteiger partial charge in [-0.3, -0.25) is 24.5 Å². The number of halogens is 1. The molecule has 0 bridgehead atoms. The van der Waals surface area contributed by atoms with Crippen LogP contribution < -0.4 is 15.5 Å². The Labute approximate surface area is 130 Å². The second-order valence-corrected chi connectivity index (χ2v) is 5.54. The van der Waals surface area contributed by atoms with Gasteiger partial charge in [-0.2, -0.15) is 0 Å². The van der Waals surface area contributed by atoms with Gasteiger partial charge in [-0.1, -0.05) is 0 Å². The van der Waals surface area contributed by atoms with Gasteiger partial charge in [-0.25, -0.2) is 4.39 Å². The minimum Gasteiger partial charge on any atom is -0.357 e. The molecule has 2 aliphatic rings. The first kappa shape index (κ1) is 15.1. The highest BCUT2D eigenvalue weighted by molar-refractivity contribution is 6.04. The maximum atomic E-state index is 14.1. The normalized spacial score (nSPS) is 20.8. The molecule has 2 aliphatic heterocycles. The molecule has 1 atom stereocenters. The molecule has 0 spiro atoms. The molecule has 2 fully saturated rings. The summed E-state index contributed by atoms with van der Waals surface area (Å²) in [6.07, 6.45) is 0.313. The summed E-state index contributed by atoms with van der Waals surface area (Å²) < 4.78 is 14.1. The van der Waals surface area contributed by atoms with E-state index in [1.54, 1.807) is 11.0 Å². The number of Topliss-reactive ketones (excluding diaryl/α,β-unsaturated/α-hetero) is 1. The van der Waals surface area contributed by atoms with Crippen LogP contribution in [0.4, 0.5) is 10.1 Å². The van der Waals surface area contributed by atoms with Crippen molar-refractivity contribution < 1.29 is 23.6 Å². The highest BCUT2D eigenvalue weighted by Gasteiger charge is 2.29. The first-order valence-electron chi connectivity index (χ1n) is 7.15. The van der Waals surface area contributed by atoms with Gasteiger partial charge in [-0.15, -0.1) is 0 Å². The number of ketones is 1. The predicted molar refractivity (Wildman–Crippen MR) is 77.3 cm³/mol. The van der Waals surface area contributed by atoms with Gasteiger partial charge in [-0.05, 0) is 24.6 Å². The minimum absolute atomic E-state index is 0.0742. The van der Waals surface area contributed by atoms with Crippen molar-refractivity contribution in [3.05, 3.63) is 29.6 Å². The Morgan fingerprint density at radius 1 is 1.26 bits per heavy atom. The number of carbonyl (C=O) groups excluding carboxylic acids is 4. The van der Waals surface area contributed by atoms with E-state index < -0.39 is 23.7 Å². The molecule has 0 aromatic heterocycles. The van der Waals surface area contributed by atoms with Crippen LogP contribution in [0.2, 0.25) is 0 Å². The SMILES string of the molecule is O=C1CN(c2ccc(C(=O)N[C@@H]3CCC(=O)NC3=O)c(F)c2)C1. The van der Waals surface area contributed by atoms with E-state index in [0.717, 1.165) is 0 Å². The fourth-order valence-corrected chi connectivity index (χ4v) is 2.51. The fourth-order valence-electron chi connectivity index (χ4n) is 2.51. The Morgan fingerprint density at radius 2 is 2.00 bits per heavy atom. The maximum absolute atomic E-state index is 14.1. The fraction of sp³-hybridized carbons (Fsp3) is 0.333. The van der Waals surface area contributed by atoms with Crippen LogP contribution >= 0.6 is 0 Å². The van der Waals surface area contributed by atoms with Crippen LogP contribution in [0.25, 0.3) is 0 Å². The molecule has 23 heavy (non-hydrogen) atoms. The first-order valence-corrected chi connectivity index (χ1v) is 7.15. The molecular weight excluding hydrogens is 305 g/mol. The Hall–Kier alpha value is -2.77. The standard InChI is InChI=1S/C15H14FN3O4/c16-11-5-8(19-6-9(20)7-19)1-2-10(11)14(22)17-12-3-4-13(21)18-15(12)23/h1-2,5,12H,3-4,6-7H2,(H,17,22)(H,18,21,23)/t12-/m1/s1. The molecular formula is C15H14FN3O4. The number of amides is 3. The van der Waals surface area contributed by atoms with Crippen molar-refractivity contribution >= 4 is 29.2 Å². The van der Waals surface area contributed by atoms with Crippen molar-refractivity contribution in [2.75, 3.05) is 18.0 Å². The molecule has 2 saturated heterocycles. The van der Waals surface area contributed by atoms with Crippen molar-refractivity contribution in [3.63, 3.8) is 0 Å². The summed E-state index contributed by atoms with van der Waals surface area (Å²) in [6, 6.07) is 3.20. The van der Waals surface area contributed by atoms with Crippen molar-refractivity contribution in [3.8, 4) is 0 Å². The molecule has 1 aromatic carbocycles. The van der Waals surface area contributed by atoms with Gasteiger partial charge in [0.25, 0.3) is 5.91 Å². The van der Waals surface area contributed by atoms with Gasteiger partial charge < -0.3 is 10.2 Å². The van der Waals surface area contributed by atoms with Crippen LogP contribution in [0, 0.1) is 5.82 Å². The third-order valence-corrected chi connectivity index (χ3v) is 3.84. The second kappa shape index (κ2) is 5.79. The number of anilines is 1. The van der Waals surface area contributed by atoms with E-state index in [1.807, 2.05) is 0 Å². The van der Waals surface area contributed by atoms with Crippen LogP contribution in [0.5, 0.6) is 0 Å². The molecule has 2 N–H and O–H groups in total. The van der Waals surface area contributed by atoms with Gasteiger partial charge in [0.2, 0.25) is 11.8 Å². The summed E-state index contributed by atoms with van der Waals surface area (Å²) >= 11 is 0. The van der Waals surface area contributed by atoms with Crippen LogP contribution in [-0.2, 0) is 14.4 Å². The summed E-state index contributed by atoms with van der Waals surface area (Å²) in [4.78, 5) is 47.4. The number of piperidine rings is 1. The molecule has 0 unspecified atom stereocenters. The van der Waals surface area contributed by atoms with E-state index >= 15 is 0 Å². The molecule has 2 heterocycles. The van der Waals surface area contributed by atoms with Gasteiger partial charge in [0.15, 0.2) is 5.78 Å². The van der Waals surface area contributed by atoms with Crippen LogP contribution in [0.1, 0.15) is 23.2 Å². The Kier molecular flexibility index (Phi) is 3.81. The van der Waals surface area contributed by atoms with E-state index in [1.165, 1.54) is 12.1 Å². The lowest BCUT2D eigenvalue weighted by molar-refractivity contribution is -0.134. The number of imide groups is 1. The largest absolute Gasteiger partial charge is 0.357 e. The minimum atomic E-state index is -0.854. The number of benzene rings is 1. The summed E-state index contributed by atoms with van der Waals surface area (Å²) in [6.45, 7) is 0.475. The Balaban J connectivity index is 1.68. The molecule has 0 aliphatic carbocycles. The van der Waals surface area contributed by atoms with Gasteiger partial charge in [0, 0.05) is 12.1 Å². The van der Waals surface area contributed by atoms with E-state index in [9.17, 15) is 23.6 Å². The summed E-state index contributed by atoms with van der Waals surface area (Å²) in [7, 11) is 0. The lowest BCUT2D eigenvalue weighted by Crippen LogP contribution is -2.52. The smallest absolute Gasteiger partial charge is 0.254 e. The van der Waals surface area contributed by atoms with E-state index in [2.05, 4.69) is 10.6 Å². The number of nitrogens with one attached hydrogen (secondary N) is 2. The highest BCUT2D eigenvalue weighted by atomic mass is 19.1. The van der Waals surface area contributed by atoms with Gasteiger partial charge >= 0.3 is 0 Å². The summed E-state index contributed by atoms with van der Waals surface area (Å²) in [5.41, 5.74) is 0.338. The molecule has 3 amide bonds. The average Bonchev–Trinajstić information content (AvgIpc) is 2.46. The zero-order chi connectivity index (χ0) is 16.6. The second-order valence-electron chi connectivity index (χ2n) is 5.54. The van der Waals surface area contributed by atoms with Crippen LogP contribution in [0.15, 0.2) is 18.2 Å². The van der Waals surface area contributed by atoms with E-state index in [0.29, 0.717) is 5.69 Å². The predicted octanol–water partition coefficient (Wildman–Crippen LogP) is -0.250. The molecule has 120 valence electrons.